The van der Waals surface area contributed by atoms with Crippen LogP contribution in [0.3, 0.4) is 0 Å². The van der Waals surface area contributed by atoms with Gasteiger partial charge in [-0.2, -0.15) is 0 Å². The third-order valence-corrected chi connectivity index (χ3v) is 2.94. The quantitative estimate of drug-likeness (QED) is 0.650. The average molecular weight is 187 g/mol. The highest BCUT2D eigenvalue weighted by atomic mass is 15.0. The van der Waals surface area contributed by atoms with Crippen LogP contribution >= 0.6 is 0 Å². The third kappa shape index (κ3) is 0.902. The first-order valence-electron chi connectivity index (χ1n) is 4.95. The number of nitrogens with one attached hydrogen (secondary N) is 1. The Balaban J connectivity index is 2.41. The number of pyridine rings is 1. The van der Waals surface area contributed by atoms with Crippen molar-refractivity contribution in [3.8, 4) is 0 Å². The van der Waals surface area contributed by atoms with Gasteiger partial charge < -0.3 is 15.5 Å². The van der Waals surface area contributed by atoms with E-state index in [1.165, 1.54) is 11.3 Å². The number of hydrogen-bond acceptors (Lipinski definition) is 2. The smallest absolute Gasteiger partial charge is 0.0687 e. The number of hydrogen-bond donors (Lipinski definition) is 2. The summed E-state index contributed by atoms with van der Waals surface area (Å²) < 4.78 is 2.19. The van der Waals surface area contributed by atoms with Gasteiger partial charge in [0.1, 0.15) is 0 Å². The molecule has 3 N–H and O–H groups in total. The Morgan fingerprint density at radius 1 is 1.36 bits per heavy atom. The predicted octanol–water partition coefficient (Wildman–Crippen LogP) is 1.17. The maximum atomic E-state index is 6.11. The van der Waals surface area contributed by atoms with E-state index in [2.05, 4.69) is 22.0 Å². The highest BCUT2D eigenvalue weighted by Gasteiger charge is 2.17. The largest absolute Gasteiger partial charge is 0.397 e. The van der Waals surface area contributed by atoms with Gasteiger partial charge in [-0.15, -0.1) is 0 Å². The first-order chi connectivity index (χ1) is 6.88. The third-order valence-electron chi connectivity index (χ3n) is 2.94. The summed E-state index contributed by atoms with van der Waals surface area (Å²) >= 11 is 0. The number of rotatable bonds is 0. The molecule has 3 rings (SSSR count). The van der Waals surface area contributed by atoms with Gasteiger partial charge in [-0.25, -0.2) is 0 Å². The van der Waals surface area contributed by atoms with Crippen LogP contribution in [0.15, 0.2) is 24.4 Å². The molecule has 0 saturated heterocycles. The fraction of sp³-hybridized carbons (Fsp3) is 0.273. The molecule has 0 saturated carbocycles. The minimum Gasteiger partial charge on any atom is -0.397 e. The van der Waals surface area contributed by atoms with Crippen molar-refractivity contribution in [2.75, 3.05) is 12.3 Å². The van der Waals surface area contributed by atoms with Crippen molar-refractivity contribution in [2.24, 2.45) is 0 Å². The highest BCUT2D eigenvalue weighted by Crippen LogP contribution is 2.27. The molecule has 0 radical (unpaired) electrons. The van der Waals surface area contributed by atoms with Gasteiger partial charge in [0, 0.05) is 18.4 Å². The van der Waals surface area contributed by atoms with Gasteiger partial charge >= 0.3 is 0 Å². The summed E-state index contributed by atoms with van der Waals surface area (Å²) in [7, 11) is 0. The zero-order valence-corrected chi connectivity index (χ0v) is 7.96. The molecule has 2 aromatic heterocycles. The highest BCUT2D eigenvalue weighted by molar-refractivity contribution is 5.76. The lowest BCUT2D eigenvalue weighted by Gasteiger charge is -2.13. The standard InChI is InChI=1S/C11H13N3/c12-11-8-4-5-13-7-10(8)14-6-2-1-3-9(11)14/h1-3,6,13H,4-5,7,12H2. The molecule has 0 aromatic carbocycles. The van der Waals surface area contributed by atoms with Crippen LogP contribution in [0.1, 0.15) is 11.3 Å². The minimum absolute atomic E-state index is 0.928. The number of nitrogens with two attached hydrogens (primary N) is 1. The van der Waals surface area contributed by atoms with Gasteiger partial charge in [0.15, 0.2) is 0 Å². The Morgan fingerprint density at radius 2 is 2.29 bits per heavy atom. The molecular formula is C11H13N3. The van der Waals surface area contributed by atoms with Crippen LogP contribution in [-0.4, -0.2) is 10.9 Å². The lowest BCUT2D eigenvalue weighted by Crippen LogP contribution is -2.24. The van der Waals surface area contributed by atoms with Gasteiger partial charge in [0.25, 0.3) is 0 Å². The summed E-state index contributed by atoms with van der Waals surface area (Å²) in [6, 6.07) is 6.15. The number of nitrogens with zero attached hydrogens (tertiary/aromatic N) is 1. The van der Waals surface area contributed by atoms with Crippen LogP contribution in [0.25, 0.3) is 5.52 Å². The number of fused-ring (bicyclic) bond motifs is 3. The molecule has 0 bridgehead atoms. The molecule has 0 amide bonds. The van der Waals surface area contributed by atoms with E-state index in [1.807, 2.05) is 12.1 Å². The molecule has 14 heavy (non-hydrogen) atoms. The molecule has 72 valence electrons. The maximum absolute atomic E-state index is 6.11. The van der Waals surface area contributed by atoms with E-state index < -0.39 is 0 Å². The Bertz CT molecular complexity index is 484. The molecule has 1 aliphatic heterocycles. The SMILES string of the molecule is Nc1c2c(n3ccccc13)CNCC2. The van der Waals surface area contributed by atoms with Crippen molar-refractivity contribution in [2.45, 2.75) is 13.0 Å². The first-order valence-corrected chi connectivity index (χ1v) is 4.95. The van der Waals surface area contributed by atoms with Crippen molar-refractivity contribution in [1.29, 1.82) is 0 Å². The van der Waals surface area contributed by atoms with Gasteiger partial charge in [0.05, 0.1) is 11.2 Å². The van der Waals surface area contributed by atoms with Crippen molar-refractivity contribution >= 4 is 11.2 Å². The molecule has 0 fully saturated rings. The second-order valence-electron chi connectivity index (χ2n) is 3.72. The van der Waals surface area contributed by atoms with E-state index >= 15 is 0 Å². The molecule has 2 aromatic rings. The van der Waals surface area contributed by atoms with E-state index in [0.29, 0.717) is 0 Å². The van der Waals surface area contributed by atoms with Crippen LogP contribution < -0.4 is 11.1 Å². The van der Waals surface area contributed by atoms with Gasteiger partial charge in [-0.1, -0.05) is 6.07 Å². The molecule has 3 heteroatoms. The topological polar surface area (TPSA) is 42.5 Å². The molecule has 3 heterocycles. The molecular weight excluding hydrogens is 174 g/mol. The fourth-order valence-corrected chi connectivity index (χ4v) is 2.24. The maximum Gasteiger partial charge on any atom is 0.0687 e. The Morgan fingerprint density at radius 3 is 3.21 bits per heavy atom. The Labute approximate surface area is 82.5 Å². The first kappa shape index (κ1) is 7.88. The zero-order chi connectivity index (χ0) is 9.54. The summed E-state index contributed by atoms with van der Waals surface area (Å²) in [5.74, 6) is 0. The molecule has 0 unspecified atom stereocenters. The van der Waals surface area contributed by atoms with Crippen molar-refractivity contribution in [1.82, 2.24) is 9.72 Å². The van der Waals surface area contributed by atoms with Crippen LogP contribution in [0.5, 0.6) is 0 Å². The van der Waals surface area contributed by atoms with Gasteiger partial charge in [-0.05, 0) is 30.7 Å². The minimum atomic E-state index is 0.928. The Kier molecular flexibility index (Phi) is 1.55. The summed E-state index contributed by atoms with van der Waals surface area (Å²) in [5.41, 5.74) is 10.9. The van der Waals surface area contributed by atoms with Crippen LogP contribution in [-0.2, 0) is 13.0 Å². The van der Waals surface area contributed by atoms with Crippen LogP contribution in [0.4, 0.5) is 5.69 Å². The van der Waals surface area contributed by atoms with E-state index in [-0.39, 0.29) is 0 Å². The fourth-order valence-electron chi connectivity index (χ4n) is 2.24. The molecule has 0 aliphatic carbocycles. The Hall–Kier alpha value is -1.48. The van der Waals surface area contributed by atoms with Crippen molar-refractivity contribution < 1.29 is 0 Å². The second-order valence-corrected chi connectivity index (χ2v) is 3.72. The van der Waals surface area contributed by atoms with Gasteiger partial charge in [-0.3, -0.25) is 0 Å². The van der Waals surface area contributed by atoms with E-state index in [0.717, 1.165) is 30.7 Å². The van der Waals surface area contributed by atoms with Crippen LogP contribution in [0, 0.1) is 0 Å². The molecule has 0 atom stereocenters. The summed E-state index contributed by atoms with van der Waals surface area (Å²) in [5, 5.41) is 3.37. The van der Waals surface area contributed by atoms with Crippen molar-refractivity contribution in [3.05, 3.63) is 35.7 Å². The number of nitrogen functional groups attached to an aromatic ring is 1. The monoisotopic (exact) mass is 187 g/mol. The lowest BCUT2D eigenvalue weighted by molar-refractivity contribution is 0.628. The molecule has 1 aliphatic rings. The summed E-state index contributed by atoms with van der Waals surface area (Å²) in [4.78, 5) is 0. The average Bonchev–Trinajstić information content (AvgIpc) is 2.55. The van der Waals surface area contributed by atoms with Gasteiger partial charge in [0.2, 0.25) is 0 Å². The van der Waals surface area contributed by atoms with E-state index in [1.54, 1.807) is 0 Å². The lowest BCUT2D eigenvalue weighted by atomic mass is 10.1. The molecule has 0 spiro atoms. The van der Waals surface area contributed by atoms with Crippen LogP contribution in [0.2, 0.25) is 0 Å². The molecule has 3 nitrogen and oxygen atoms in total. The van der Waals surface area contributed by atoms with E-state index in [9.17, 15) is 0 Å². The van der Waals surface area contributed by atoms with E-state index in [4.69, 9.17) is 5.73 Å². The number of aromatic nitrogens is 1. The zero-order valence-electron chi connectivity index (χ0n) is 7.96. The normalized spacial score (nSPS) is 15.7. The summed E-state index contributed by atoms with van der Waals surface area (Å²) in [6.45, 7) is 1.96. The summed E-state index contributed by atoms with van der Waals surface area (Å²) in [6.07, 6.45) is 3.13. The number of anilines is 1. The van der Waals surface area contributed by atoms with Crippen molar-refractivity contribution in [3.63, 3.8) is 0 Å². The second kappa shape index (κ2) is 2.75. The predicted molar refractivity (Wildman–Crippen MR) is 57.2 cm³/mol.